The SMILES string of the molecule is C1=C(c2ccncc2)CCC1N1CCNCC1. The largest absolute Gasteiger partial charge is 0.314 e. The molecule has 3 nitrogen and oxygen atoms in total. The van der Waals surface area contributed by atoms with Crippen LogP contribution in [0.15, 0.2) is 30.6 Å². The van der Waals surface area contributed by atoms with E-state index < -0.39 is 0 Å². The fourth-order valence-corrected chi connectivity index (χ4v) is 2.81. The quantitative estimate of drug-likeness (QED) is 0.833. The lowest BCUT2D eigenvalue weighted by Crippen LogP contribution is -2.47. The first-order valence-corrected chi connectivity index (χ1v) is 6.49. The molecule has 3 heteroatoms. The molecule has 1 aromatic rings. The normalized spacial score (nSPS) is 25.9. The van der Waals surface area contributed by atoms with Crippen molar-refractivity contribution in [2.45, 2.75) is 18.9 Å². The molecular formula is C14H19N3. The van der Waals surface area contributed by atoms with Gasteiger partial charge in [-0.1, -0.05) is 6.08 Å². The second kappa shape index (κ2) is 4.98. The highest BCUT2D eigenvalue weighted by atomic mass is 15.2. The minimum absolute atomic E-state index is 0.653. The van der Waals surface area contributed by atoms with Crippen molar-refractivity contribution in [3.8, 4) is 0 Å². The third-order valence-corrected chi connectivity index (χ3v) is 3.77. The summed E-state index contributed by atoms with van der Waals surface area (Å²) in [7, 11) is 0. The summed E-state index contributed by atoms with van der Waals surface area (Å²) < 4.78 is 0. The van der Waals surface area contributed by atoms with Crippen LogP contribution in [-0.4, -0.2) is 42.1 Å². The maximum absolute atomic E-state index is 4.08. The van der Waals surface area contributed by atoms with Crippen molar-refractivity contribution in [1.29, 1.82) is 0 Å². The predicted molar refractivity (Wildman–Crippen MR) is 69.7 cm³/mol. The maximum atomic E-state index is 4.08. The summed E-state index contributed by atoms with van der Waals surface area (Å²) >= 11 is 0. The van der Waals surface area contributed by atoms with Gasteiger partial charge in [-0.3, -0.25) is 9.88 Å². The van der Waals surface area contributed by atoms with E-state index in [0.29, 0.717) is 6.04 Å². The van der Waals surface area contributed by atoms with Gasteiger partial charge in [0.2, 0.25) is 0 Å². The van der Waals surface area contributed by atoms with Gasteiger partial charge in [-0.2, -0.15) is 0 Å². The Morgan fingerprint density at radius 1 is 1.18 bits per heavy atom. The van der Waals surface area contributed by atoms with Crippen LogP contribution in [0.25, 0.3) is 5.57 Å². The van der Waals surface area contributed by atoms with Gasteiger partial charge in [0.1, 0.15) is 0 Å². The van der Waals surface area contributed by atoms with E-state index in [4.69, 9.17) is 0 Å². The van der Waals surface area contributed by atoms with Crippen LogP contribution in [0.4, 0.5) is 0 Å². The van der Waals surface area contributed by atoms with Gasteiger partial charge in [-0.15, -0.1) is 0 Å². The molecule has 0 amide bonds. The zero-order chi connectivity index (χ0) is 11.5. The van der Waals surface area contributed by atoms with Crippen molar-refractivity contribution >= 4 is 5.57 Å². The molecule has 0 bridgehead atoms. The summed E-state index contributed by atoms with van der Waals surface area (Å²) in [5, 5.41) is 3.41. The van der Waals surface area contributed by atoms with Gasteiger partial charge in [-0.05, 0) is 36.1 Å². The summed E-state index contributed by atoms with van der Waals surface area (Å²) in [5.41, 5.74) is 2.84. The molecular weight excluding hydrogens is 210 g/mol. The van der Waals surface area contributed by atoms with E-state index in [1.807, 2.05) is 12.4 Å². The standard InChI is InChI=1S/C14H19N3/c1-2-14(17-9-7-16-8-10-17)11-13(1)12-3-5-15-6-4-12/h3-6,11,14,16H,1-2,7-10H2. The number of nitrogens with zero attached hydrogens (tertiary/aromatic N) is 2. The Morgan fingerprint density at radius 3 is 2.71 bits per heavy atom. The van der Waals surface area contributed by atoms with Gasteiger partial charge < -0.3 is 5.32 Å². The first kappa shape index (κ1) is 10.9. The minimum atomic E-state index is 0.653. The van der Waals surface area contributed by atoms with E-state index in [1.165, 1.54) is 37.1 Å². The number of pyridine rings is 1. The molecule has 3 rings (SSSR count). The monoisotopic (exact) mass is 229 g/mol. The van der Waals surface area contributed by atoms with Crippen molar-refractivity contribution in [2.75, 3.05) is 26.2 Å². The number of hydrogen-bond acceptors (Lipinski definition) is 3. The van der Waals surface area contributed by atoms with E-state index in [-0.39, 0.29) is 0 Å². The van der Waals surface area contributed by atoms with Crippen LogP contribution in [0.5, 0.6) is 0 Å². The molecule has 1 unspecified atom stereocenters. The Labute approximate surface area is 103 Å². The second-order valence-electron chi connectivity index (χ2n) is 4.82. The Hall–Kier alpha value is -1.19. The minimum Gasteiger partial charge on any atom is -0.314 e. The van der Waals surface area contributed by atoms with Gasteiger partial charge >= 0.3 is 0 Å². The van der Waals surface area contributed by atoms with Crippen LogP contribution in [0, 0.1) is 0 Å². The molecule has 0 saturated carbocycles. The lowest BCUT2D eigenvalue weighted by molar-refractivity contribution is 0.200. The van der Waals surface area contributed by atoms with Crippen LogP contribution < -0.4 is 5.32 Å². The van der Waals surface area contributed by atoms with E-state index in [2.05, 4.69) is 33.4 Å². The molecule has 0 aromatic carbocycles. The lowest BCUT2D eigenvalue weighted by atomic mass is 10.1. The third kappa shape index (κ3) is 2.40. The van der Waals surface area contributed by atoms with Crippen molar-refractivity contribution in [3.63, 3.8) is 0 Å². The molecule has 1 aliphatic carbocycles. The van der Waals surface area contributed by atoms with Gasteiger partial charge in [0.25, 0.3) is 0 Å². The molecule has 1 N–H and O–H groups in total. The topological polar surface area (TPSA) is 28.2 Å². The zero-order valence-electron chi connectivity index (χ0n) is 10.1. The summed E-state index contributed by atoms with van der Waals surface area (Å²) in [6, 6.07) is 4.89. The zero-order valence-corrected chi connectivity index (χ0v) is 10.1. The van der Waals surface area contributed by atoms with Crippen LogP contribution >= 0.6 is 0 Å². The maximum Gasteiger partial charge on any atom is 0.0288 e. The highest BCUT2D eigenvalue weighted by molar-refractivity contribution is 5.67. The number of aromatic nitrogens is 1. The number of nitrogens with one attached hydrogen (secondary N) is 1. The number of rotatable bonds is 2. The van der Waals surface area contributed by atoms with Gasteiger partial charge in [0.15, 0.2) is 0 Å². The Balaban J connectivity index is 1.72. The van der Waals surface area contributed by atoms with Gasteiger partial charge in [-0.25, -0.2) is 0 Å². The number of piperazine rings is 1. The van der Waals surface area contributed by atoms with Crippen molar-refractivity contribution in [3.05, 3.63) is 36.2 Å². The fourth-order valence-electron chi connectivity index (χ4n) is 2.81. The van der Waals surface area contributed by atoms with E-state index in [9.17, 15) is 0 Å². The molecule has 0 spiro atoms. The molecule has 1 fully saturated rings. The van der Waals surface area contributed by atoms with Gasteiger partial charge in [0.05, 0.1) is 0 Å². The molecule has 2 heterocycles. The highest BCUT2D eigenvalue weighted by Gasteiger charge is 2.23. The molecule has 1 atom stereocenters. The van der Waals surface area contributed by atoms with Crippen LogP contribution in [0.2, 0.25) is 0 Å². The van der Waals surface area contributed by atoms with E-state index in [1.54, 1.807) is 0 Å². The third-order valence-electron chi connectivity index (χ3n) is 3.77. The Morgan fingerprint density at radius 2 is 1.94 bits per heavy atom. The smallest absolute Gasteiger partial charge is 0.0288 e. The van der Waals surface area contributed by atoms with Crippen molar-refractivity contribution in [1.82, 2.24) is 15.2 Å². The molecule has 2 aliphatic rings. The fraction of sp³-hybridized carbons (Fsp3) is 0.500. The molecule has 1 aliphatic heterocycles. The average Bonchev–Trinajstić information content (AvgIpc) is 2.90. The van der Waals surface area contributed by atoms with Crippen LogP contribution in [0.1, 0.15) is 18.4 Å². The summed E-state index contributed by atoms with van der Waals surface area (Å²) in [5.74, 6) is 0. The van der Waals surface area contributed by atoms with E-state index in [0.717, 1.165) is 13.1 Å². The van der Waals surface area contributed by atoms with Crippen molar-refractivity contribution in [2.24, 2.45) is 0 Å². The Bertz CT molecular complexity index is 393. The number of hydrogen-bond donors (Lipinski definition) is 1. The number of allylic oxidation sites excluding steroid dienone is 1. The second-order valence-corrected chi connectivity index (χ2v) is 4.82. The first-order valence-electron chi connectivity index (χ1n) is 6.49. The van der Waals surface area contributed by atoms with Crippen molar-refractivity contribution < 1.29 is 0 Å². The molecule has 0 radical (unpaired) electrons. The summed E-state index contributed by atoms with van der Waals surface area (Å²) in [4.78, 5) is 6.68. The highest BCUT2D eigenvalue weighted by Crippen LogP contribution is 2.30. The van der Waals surface area contributed by atoms with Crippen LogP contribution in [-0.2, 0) is 0 Å². The Kier molecular flexibility index (Phi) is 3.20. The summed E-state index contributed by atoms with van der Waals surface area (Å²) in [6.45, 7) is 4.64. The van der Waals surface area contributed by atoms with Crippen LogP contribution in [0.3, 0.4) is 0 Å². The molecule has 1 aromatic heterocycles. The van der Waals surface area contributed by atoms with E-state index >= 15 is 0 Å². The summed E-state index contributed by atoms with van der Waals surface area (Å²) in [6.07, 6.45) is 8.71. The predicted octanol–water partition coefficient (Wildman–Crippen LogP) is 1.53. The molecule has 1 saturated heterocycles. The van der Waals surface area contributed by atoms with Gasteiger partial charge in [0, 0.05) is 44.6 Å². The molecule has 90 valence electrons. The lowest BCUT2D eigenvalue weighted by Gasteiger charge is -2.31. The molecule has 17 heavy (non-hydrogen) atoms. The first-order chi connectivity index (χ1) is 8.43. The average molecular weight is 229 g/mol.